The van der Waals surface area contributed by atoms with Crippen LogP contribution < -0.4 is 11.1 Å². The predicted molar refractivity (Wildman–Crippen MR) is 103 cm³/mol. The molecule has 2 heterocycles. The number of aromatic nitrogens is 2. The van der Waals surface area contributed by atoms with Gasteiger partial charge >= 0.3 is 0 Å². The van der Waals surface area contributed by atoms with Crippen molar-refractivity contribution < 1.29 is 14.7 Å². The molecule has 8 nitrogen and oxygen atoms in total. The van der Waals surface area contributed by atoms with Gasteiger partial charge in [-0.2, -0.15) is 0 Å². The van der Waals surface area contributed by atoms with Crippen molar-refractivity contribution >= 4 is 29.2 Å². The van der Waals surface area contributed by atoms with E-state index in [0.717, 1.165) is 24.8 Å². The van der Waals surface area contributed by atoms with E-state index in [-0.39, 0.29) is 5.91 Å². The molecule has 9 heteroatoms. The Morgan fingerprint density at radius 1 is 1.33 bits per heavy atom. The number of likely N-dealkylation sites (tertiary alicyclic amines) is 1. The molecule has 1 fully saturated rings. The van der Waals surface area contributed by atoms with Gasteiger partial charge in [-0.25, -0.2) is 9.97 Å². The van der Waals surface area contributed by atoms with E-state index in [2.05, 4.69) is 15.3 Å². The summed E-state index contributed by atoms with van der Waals surface area (Å²) in [6.45, 7) is 6.05. The molecule has 0 radical (unpaired) electrons. The molecule has 1 aliphatic heterocycles. The number of aryl methyl sites for hydroxylation is 1. The van der Waals surface area contributed by atoms with E-state index in [1.807, 2.05) is 0 Å². The number of amides is 2. The smallest absolute Gasteiger partial charge is 0.249 e. The largest absolute Gasteiger partial charge is 0.384 e. The first-order valence-corrected chi connectivity index (χ1v) is 9.62. The number of nitrogen functional groups attached to an aromatic ring is 1. The maximum Gasteiger partial charge on any atom is 0.249 e. The number of rotatable bonds is 6. The first-order chi connectivity index (χ1) is 12.7. The first-order valence-electron chi connectivity index (χ1n) is 9.24. The van der Waals surface area contributed by atoms with Gasteiger partial charge in [-0.15, -0.1) is 0 Å². The van der Waals surface area contributed by atoms with E-state index < -0.39 is 18.1 Å². The molecular formula is C18H28ClN5O3. The Hall–Kier alpha value is -1.93. The van der Waals surface area contributed by atoms with Crippen LogP contribution >= 0.6 is 11.6 Å². The third kappa shape index (κ3) is 5.77. The Bertz CT molecular complexity index is 667. The number of hydrogen-bond donors (Lipinski definition) is 3. The second kappa shape index (κ2) is 9.32. The van der Waals surface area contributed by atoms with Crippen molar-refractivity contribution in [3.8, 4) is 0 Å². The summed E-state index contributed by atoms with van der Waals surface area (Å²) in [6.07, 6.45) is 2.26. The van der Waals surface area contributed by atoms with Gasteiger partial charge in [0.2, 0.25) is 11.8 Å². The van der Waals surface area contributed by atoms with Crippen LogP contribution in [0.15, 0.2) is 0 Å². The third-order valence-electron chi connectivity index (χ3n) is 4.94. The standard InChI is InChI=1S/C18H28ClN5O3/c1-10(21-17(26)11(2)25)18(27)24-8-6-13(7-9-24)4-5-14-15(19)22-12(3)23-16(14)20/h10-11,13,25H,4-9H2,1-3H3,(H,21,26)(H2,20,22,23). The van der Waals surface area contributed by atoms with E-state index in [0.29, 0.717) is 42.2 Å². The molecule has 150 valence electrons. The lowest BCUT2D eigenvalue weighted by Crippen LogP contribution is -2.51. The number of nitrogens with one attached hydrogen (secondary N) is 1. The zero-order valence-corrected chi connectivity index (χ0v) is 16.8. The highest BCUT2D eigenvalue weighted by atomic mass is 35.5. The summed E-state index contributed by atoms with van der Waals surface area (Å²) in [5.41, 5.74) is 6.74. The van der Waals surface area contributed by atoms with Crippen molar-refractivity contribution in [2.24, 2.45) is 5.92 Å². The van der Waals surface area contributed by atoms with Crippen LogP contribution in [0.3, 0.4) is 0 Å². The molecule has 2 rings (SSSR count). The van der Waals surface area contributed by atoms with E-state index in [1.54, 1.807) is 18.7 Å². The zero-order chi connectivity index (χ0) is 20.1. The molecule has 1 aromatic heterocycles. The maximum atomic E-state index is 12.4. The maximum absolute atomic E-state index is 12.4. The van der Waals surface area contributed by atoms with Crippen LogP contribution in [0.1, 0.15) is 44.5 Å². The minimum absolute atomic E-state index is 0.123. The van der Waals surface area contributed by atoms with Crippen molar-refractivity contribution in [3.63, 3.8) is 0 Å². The molecule has 1 aliphatic rings. The van der Waals surface area contributed by atoms with Crippen LogP contribution in [0.4, 0.5) is 5.82 Å². The highest BCUT2D eigenvalue weighted by Gasteiger charge is 2.27. The van der Waals surface area contributed by atoms with Gasteiger partial charge in [0.1, 0.15) is 28.9 Å². The molecule has 2 atom stereocenters. The monoisotopic (exact) mass is 397 g/mol. The quantitative estimate of drug-likeness (QED) is 0.617. The molecule has 1 saturated heterocycles. The first kappa shape index (κ1) is 21.4. The lowest BCUT2D eigenvalue weighted by molar-refractivity contribution is -0.139. The minimum Gasteiger partial charge on any atom is -0.384 e. The van der Waals surface area contributed by atoms with Gasteiger partial charge < -0.3 is 21.1 Å². The number of nitrogens with two attached hydrogens (primary N) is 1. The van der Waals surface area contributed by atoms with Crippen LogP contribution in [0.25, 0.3) is 0 Å². The lowest BCUT2D eigenvalue weighted by Gasteiger charge is -2.34. The number of hydrogen-bond acceptors (Lipinski definition) is 6. The second-order valence-electron chi connectivity index (χ2n) is 7.14. The molecule has 27 heavy (non-hydrogen) atoms. The molecule has 4 N–H and O–H groups in total. The van der Waals surface area contributed by atoms with Gasteiger partial charge in [0.25, 0.3) is 0 Å². The van der Waals surface area contributed by atoms with Gasteiger partial charge in [-0.05, 0) is 52.4 Å². The Balaban J connectivity index is 1.82. The fraction of sp³-hybridized carbons (Fsp3) is 0.667. The van der Waals surface area contributed by atoms with Crippen LogP contribution in [0, 0.1) is 12.8 Å². The molecule has 0 saturated carbocycles. The van der Waals surface area contributed by atoms with Gasteiger partial charge in [-0.1, -0.05) is 11.6 Å². The van der Waals surface area contributed by atoms with Crippen molar-refractivity contribution in [2.45, 2.75) is 58.6 Å². The van der Waals surface area contributed by atoms with Crippen LogP contribution in [-0.4, -0.2) is 57.0 Å². The summed E-state index contributed by atoms with van der Waals surface area (Å²) >= 11 is 6.18. The summed E-state index contributed by atoms with van der Waals surface area (Å²) in [5, 5.41) is 12.2. The van der Waals surface area contributed by atoms with Crippen molar-refractivity contribution in [1.29, 1.82) is 0 Å². The summed E-state index contributed by atoms with van der Waals surface area (Å²) in [6, 6.07) is -0.646. The van der Waals surface area contributed by atoms with E-state index >= 15 is 0 Å². The number of aliphatic hydroxyl groups is 1. The minimum atomic E-state index is -1.13. The van der Waals surface area contributed by atoms with Crippen LogP contribution in [0.5, 0.6) is 0 Å². The molecule has 2 unspecified atom stereocenters. The average molecular weight is 398 g/mol. The number of nitrogens with zero attached hydrogens (tertiary/aromatic N) is 3. The number of carbonyl (C=O) groups is 2. The van der Waals surface area contributed by atoms with Crippen molar-refractivity contribution in [3.05, 3.63) is 16.5 Å². The van der Waals surface area contributed by atoms with E-state index in [9.17, 15) is 14.7 Å². The number of carbonyl (C=O) groups excluding carboxylic acids is 2. The fourth-order valence-corrected chi connectivity index (χ4v) is 3.59. The van der Waals surface area contributed by atoms with Crippen molar-refractivity contribution in [2.75, 3.05) is 18.8 Å². The van der Waals surface area contributed by atoms with Crippen LogP contribution in [-0.2, 0) is 16.0 Å². The Morgan fingerprint density at radius 3 is 2.52 bits per heavy atom. The van der Waals surface area contributed by atoms with Crippen LogP contribution in [0.2, 0.25) is 5.15 Å². The number of aliphatic hydroxyl groups excluding tert-OH is 1. The molecule has 0 bridgehead atoms. The third-order valence-corrected chi connectivity index (χ3v) is 5.25. The number of halogens is 1. The summed E-state index contributed by atoms with van der Waals surface area (Å²) < 4.78 is 0. The second-order valence-corrected chi connectivity index (χ2v) is 7.50. The lowest BCUT2D eigenvalue weighted by atomic mass is 9.90. The topological polar surface area (TPSA) is 121 Å². The van der Waals surface area contributed by atoms with Gasteiger partial charge in [-0.3, -0.25) is 9.59 Å². The summed E-state index contributed by atoms with van der Waals surface area (Å²) in [4.78, 5) is 34.1. The summed E-state index contributed by atoms with van der Waals surface area (Å²) in [7, 11) is 0. The highest BCUT2D eigenvalue weighted by Crippen LogP contribution is 2.26. The Kier molecular flexibility index (Phi) is 7.38. The molecule has 2 amide bonds. The zero-order valence-electron chi connectivity index (χ0n) is 16.0. The average Bonchev–Trinajstić information content (AvgIpc) is 2.60. The summed E-state index contributed by atoms with van der Waals surface area (Å²) in [5.74, 6) is 0.794. The molecule has 0 aliphatic carbocycles. The number of piperidine rings is 1. The SMILES string of the molecule is Cc1nc(N)c(CCC2CCN(C(=O)C(C)NC(=O)C(C)O)CC2)c(Cl)n1. The van der Waals surface area contributed by atoms with Gasteiger partial charge in [0.15, 0.2) is 0 Å². The number of anilines is 1. The van der Waals surface area contributed by atoms with Gasteiger partial charge in [0, 0.05) is 18.7 Å². The molecule has 0 spiro atoms. The normalized spacial score (nSPS) is 17.4. The van der Waals surface area contributed by atoms with Gasteiger partial charge in [0.05, 0.1) is 0 Å². The Morgan fingerprint density at radius 2 is 1.96 bits per heavy atom. The Labute approximate surface area is 164 Å². The molecule has 0 aromatic carbocycles. The molecular weight excluding hydrogens is 370 g/mol. The fourth-order valence-electron chi connectivity index (χ4n) is 3.27. The van der Waals surface area contributed by atoms with E-state index in [1.165, 1.54) is 6.92 Å². The predicted octanol–water partition coefficient (Wildman–Crippen LogP) is 1.08. The van der Waals surface area contributed by atoms with E-state index in [4.69, 9.17) is 17.3 Å². The highest BCUT2D eigenvalue weighted by molar-refractivity contribution is 6.30. The van der Waals surface area contributed by atoms with Crippen molar-refractivity contribution in [1.82, 2.24) is 20.2 Å². The molecule has 1 aromatic rings.